The molecule has 0 aliphatic heterocycles. The summed E-state index contributed by atoms with van der Waals surface area (Å²) < 4.78 is 0. The van der Waals surface area contributed by atoms with Crippen LogP contribution in [0.4, 0.5) is 5.82 Å². The third kappa shape index (κ3) is 5.23. The number of amidine groups is 1. The first-order valence-electron chi connectivity index (χ1n) is 7.57. The van der Waals surface area contributed by atoms with E-state index in [1.165, 1.54) is 0 Å². The second-order valence-electron chi connectivity index (χ2n) is 4.85. The van der Waals surface area contributed by atoms with E-state index in [1.807, 2.05) is 6.07 Å². The number of hydrogen-bond donors (Lipinski definition) is 2. The van der Waals surface area contributed by atoms with E-state index in [-0.39, 0.29) is 5.84 Å². The first-order chi connectivity index (χ1) is 10.2. The molecule has 3 N–H and O–H groups in total. The van der Waals surface area contributed by atoms with E-state index < -0.39 is 0 Å². The number of anilines is 1. The first-order valence-corrected chi connectivity index (χ1v) is 7.57. The van der Waals surface area contributed by atoms with E-state index in [1.54, 1.807) is 12.3 Å². The Morgan fingerprint density at radius 2 is 1.95 bits per heavy atom. The summed E-state index contributed by atoms with van der Waals surface area (Å²) >= 11 is 0. The molecule has 0 radical (unpaired) electrons. The number of aromatic nitrogens is 1. The third-order valence-corrected chi connectivity index (χ3v) is 3.65. The zero-order valence-electron chi connectivity index (χ0n) is 13.3. The summed E-state index contributed by atoms with van der Waals surface area (Å²) in [5.41, 5.74) is 6.31. The molecular formula is C15H27N5O. The molecule has 1 rings (SSSR count). The minimum atomic E-state index is 0.109. The van der Waals surface area contributed by atoms with Gasteiger partial charge in [0.05, 0.1) is 0 Å². The van der Waals surface area contributed by atoms with Crippen molar-refractivity contribution in [2.45, 2.75) is 27.2 Å². The van der Waals surface area contributed by atoms with Crippen LogP contribution in [0.25, 0.3) is 0 Å². The summed E-state index contributed by atoms with van der Waals surface area (Å²) in [7, 11) is 0. The molecule has 0 bridgehead atoms. The highest BCUT2D eigenvalue weighted by atomic mass is 16.4. The maximum absolute atomic E-state index is 8.76. The van der Waals surface area contributed by atoms with Gasteiger partial charge >= 0.3 is 0 Å². The van der Waals surface area contributed by atoms with Crippen molar-refractivity contribution >= 4 is 11.7 Å². The Morgan fingerprint density at radius 1 is 1.24 bits per heavy atom. The van der Waals surface area contributed by atoms with E-state index in [0.717, 1.165) is 45.0 Å². The van der Waals surface area contributed by atoms with Crippen molar-refractivity contribution in [1.82, 2.24) is 9.88 Å². The van der Waals surface area contributed by atoms with E-state index in [9.17, 15) is 0 Å². The lowest BCUT2D eigenvalue weighted by Gasteiger charge is -2.24. The Labute approximate surface area is 127 Å². The molecule has 1 aromatic heterocycles. The summed E-state index contributed by atoms with van der Waals surface area (Å²) in [6.45, 7) is 11.6. The maximum Gasteiger partial charge on any atom is 0.170 e. The number of nitrogens with zero attached hydrogens (tertiary/aromatic N) is 4. The van der Waals surface area contributed by atoms with E-state index in [2.05, 4.69) is 40.7 Å². The van der Waals surface area contributed by atoms with Gasteiger partial charge < -0.3 is 20.7 Å². The second-order valence-corrected chi connectivity index (χ2v) is 4.85. The highest BCUT2D eigenvalue weighted by molar-refractivity contribution is 5.97. The van der Waals surface area contributed by atoms with Crippen molar-refractivity contribution in [2.75, 3.05) is 37.6 Å². The average molecular weight is 293 g/mol. The van der Waals surface area contributed by atoms with Crippen LogP contribution >= 0.6 is 0 Å². The van der Waals surface area contributed by atoms with Gasteiger partial charge in [-0.2, -0.15) is 0 Å². The number of nitrogens with two attached hydrogens (primary N) is 1. The SMILES string of the molecule is CCN(CC)CCCN(CC)c1cc(/C(N)=N/O)ccn1. The van der Waals surface area contributed by atoms with Crippen molar-refractivity contribution < 1.29 is 5.21 Å². The van der Waals surface area contributed by atoms with E-state index in [4.69, 9.17) is 10.9 Å². The normalized spacial score (nSPS) is 11.9. The minimum Gasteiger partial charge on any atom is -0.409 e. The Kier molecular flexibility index (Phi) is 7.53. The molecule has 1 aromatic rings. The molecule has 0 atom stereocenters. The topological polar surface area (TPSA) is 78.0 Å². The van der Waals surface area contributed by atoms with Crippen LogP contribution in [0, 0.1) is 0 Å². The molecule has 6 heteroatoms. The Bertz CT molecular complexity index is 445. The van der Waals surface area contributed by atoms with E-state index >= 15 is 0 Å². The monoisotopic (exact) mass is 293 g/mol. The molecule has 0 spiro atoms. The summed E-state index contributed by atoms with van der Waals surface area (Å²) in [4.78, 5) is 9.00. The zero-order valence-corrected chi connectivity index (χ0v) is 13.3. The number of oxime groups is 1. The molecule has 21 heavy (non-hydrogen) atoms. The standard InChI is InChI=1S/C15H27N5O/c1-4-19(5-2)10-7-11-20(6-3)14-12-13(8-9-17-14)15(16)18-21/h8-9,12,21H,4-7,10-11H2,1-3H3,(H2,16,18). The van der Waals surface area contributed by atoms with Crippen molar-refractivity contribution in [3.8, 4) is 0 Å². The molecule has 118 valence electrons. The van der Waals surface area contributed by atoms with Gasteiger partial charge in [-0.15, -0.1) is 0 Å². The number of rotatable bonds is 9. The van der Waals surface area contributed by atoms with Crippen LogP contribution in [0.15, 0.2) is 23.5 Å². The van der Waals surface area contributed by atoms with Crippen LogP contribution < -0.4 is 10.6 Å². The highest BCUT2D eigenvalue weighted by Crippen LogP contribution is 2.13. The summed E-state index contributed by atoms with van der Waals surface area (Å²) in [6.07, 6.45) is 2.78. The van der Waals surface area contributed by atoms with Gasteiger partial charge in [0.25, 0.3) is 0 Å². The van der Waals surface area contributed by atoms with Gasteiger partial charge in [-0.05, 0) is 45.1 Å². The molecule has 0 fully saturated rings. The Hall–Kier alpha value is -1.82. The molecule has 0 amide bonds. The lowest BCUT2D eigenvalue weighted by atomic mass is 10.2. The van der Waals surface area contributed by atoms with Gasteiger partial charge in [0.15, 0.2) is 5.84 Å². The van der Waals surface area contributed by atoms with Crippen molar-refractivity contribution in [3.63, 3.8) is 0 Å². The summed E-state index contributed by atoms with van der Waals surface area (Å²) in [5.74, 6) is 0.971. The van der Waals surface area contributed by atoms with Crippen LogP contribution in [0.5, 0.6) is 0 Å². The van der Waals surface area contributed by atoms with Crippen LogP contribution in [0.3, 0.4) is 0 Å². The van der Waals surface area contributed by atoms with Crippen LogP contribution in [0.1, 0.15) is 32.8 Å². The third-order valence-electron chi connectivity index (χ3n) is 3.65. The summed E-state index contributed by atoms with van der Waals surface area (Å²) in [5, 5.41) is 11.8. The van der Waals surface area contributed by atoms with Crippen LogP contribution in [-0.2, 0) is 0 Å². The average Bonchev–Trinajstić information content (AvgIpc) is 2.54. The van der Waals surface area contributed by atoms with E-state index in [0.29, 0.717) is 5.56 Å². The zero-order chi connectivity index (χ0) is 15.7. The number of hydrogen-bond acceptors (Lipinski definition) is 5. The van der Waals surface area contributed by atoms with Gasteiger partial charge in [-0.1, -0.05) is 19.0 Å². The molecule has 0 saturated carbocycles. The second kappa shape index (κ2) is 9.18. The molecule has 6 nitrogen and oxygen atoms in total. The predicted octanol–water partition coefficient (Wildman–Crippen LogP) is 1.73. The smallest absolute Gasteiger partial charge is 0.170 e. The number of pyridine rings is 1. The fourth-order valence-electron chi connectivity index (χ4n) is 2.27. The van der Waals surface area contributed by atoms with Gasteiger partial charge in [-0.3, -0.25) is 0 Å². The minimum absolute atomic E-state index is 0.109. The molecule has 0 aliphatic carbocycles. The largest absolute Gasteiger partial charge is 0.409 e. The van der Waals surface area contributed by atoms with Gasteiger partial charge in [0.1, 0.15) is 5.82 Å². The Balaban J connectivity index is 2.67. The Morgan fingerprint density at radius 3 is 2.52 bits per heavy atom. The fraction of sp³-hybridized carbons (Fsp3) is 0.600. The molecular weight excluding hydrogens is 266 g/mol. The van der Waals surface area contributed by atoms with Crippen molar-refractivity contribution in [1.29, 1.82) is 0 Å². The molecule has 0 aliphatic rings. The lowest BCUT2D eigenvalue weighted by Crippen LogP contribution is -2.30. The van der Waals surface area contributed by atoms with Gasteiger partial charge in [0, 0.05) is 24.8 Å². The fourth-order valence-corrected chi connectivity index (χ4v) is 2.27. The first kappa shape index (κ1) is 17.2. The highest BCUT2D eigenvalue weighted by Gasteiger charge is 2.09. The van der Waals surface area contributed by atoms with Crippen molar-refractivity contribution in [2.24, 2.45) is 10.9 Å². The molecule has 0 unspecified atom stereocenters. The van der Waals surface area contributed by atoms with Gasteiger partial charge in [0.2, 0.25) is 0 Å². The van der Waals surface area contributed by atoms with Gasteiger partial charge in [-0.25, -0.2) is 4.98 Å². The van der Waals surface area contributed by atoms with Crippen LogP contribution in [0.2, 0.25) is 0 Å². The predicted molar refractivity (Wildman–Crippen MR) is 87.0 cm³/mol. The lowest BCUT2D eigenvalue weighted by molar-refractivity contribution is 0.300. The molecule has 1 heterocycles. The van der Waals surface area contributed by atoms with Crippen LogP contribution in [-0.4, -0.2) is 53.7 Å². The molecule has 0 aromatic carbocycles. The maximum atomic E-state index is 8.76. The molecule has 0 saturated heterocycles. The summed E-state index contributed by atoms with van der Waals surface area (Å²) in [6, 6.07) is 3.60. The van der Waals surface area contributed by atoms with Crippen molar-refractivity contribution in [3.05, 3.63) is 23.9 Å². The quantitative estimate of drug-likeness (QED) is 0.314.